The highest BCUT2D eigenvalue weighted by Gasteiger charge is 2.29. The summed E-state index contributed by atoms with van der Waals surface area (Å²) in [5, 5.41) is 0. The van der Waals surface area contributed by atoms with Crippen molar-refractivity contribution in [2.24, 2.45) is 11.7 Å². The fourth-order valence-electron chi connectivity index (χ4n) is 2.12. The molecule has 0 heterocycles. The Kier molecular flexibility index (Phi) is 4.37. The van der Waals surface area contributed by atoms with Crippen molar-refractivity contribution in [3.05, 3.63) is 30.3 Å². The number of hydrogen-bond acceptors (Lipinski definition) is 2. The minimum Gasteiger partial charge on any atom is -0.320 e. The smallest absolute Gasteiger partial charge is 0.243 e. The van der Waals surface area contributed by atoms with E-state index in [-0.39, 0.29) is 11.9 Å². The molecule has 1 unspecified atom stereocenters. The first-order valence-electron chi connectivity index (χ1n) is 6.84. The molecule has 98 valence electrons. The fourth-order valence-corrected chi connectivity index (χ4v) is 2.12. The topological polar surface area (TPSA) is 46.3 Å². The predicted octanol–water partition coefficient (Wildman–Crippen LogP) is 2.56. The summed E-state index contributed by atoms with van der Waals surface area (Å²) in [6.07, 6.45) is 4.17. The third kappa shape index (κ3) is 3.33. The molecule has 3 nitrogen and oxygen atoms in total. The first-order chi connectivity index (χ1) is 8.72. The molecule has 0 spiro atoms. The minimum absolute atomic E-state index is 0.0648. The zero-order valence-electron chi connectivity index (χ0n) is 11.0. The number of para-hydroxylation sites is 1. The van der Waals surface area contributed by atoms with Gasteiger partial charge < -0.3 is 10.6 Å². The predicted molar refractivity (Wildman–Crippen MR) is 74.4 cm³/mol. The Morgan fingerprint density at radius 1 is 1.39 bits per heavy atom. The van der Waals surface area contributed by atoms with Crippen LogP contribution in [0.3, 0.4) is 0 Å². The largest absolute Gasteiger partial charge is 0.320 e. The Hall–Kier alpha value is -1.35. The van der Waals surface area contributed by atoms with Crippen LogP contribution < -0.4 is 10.6 Å². The molecular formula is C15H22N2O. The van der Waals surface area contributed by atoms with Gasteiger partial charge in [0.05, 0.1) is 6.04 Å². The molecule has 1 aliphatic carbocycles. The lowest BCUT2D eigenvalue weighted by molar-refractivity contribution is -0.120. The number of nitrogens with zero attached hydrogens (tertiary/aromatic N) is 1. The standard InChI is InChI=1S/C15H22N2O/c1-2-6-14(16)15(18)17(11-12-9-10-12)13-7-4-3-5-8-13/h3-5,7-8,12,14H,2,6,9-11,16H2,1H3. The van der Waals surface area contributed by atoms with Gasteiger partial charge in [0.15, 0.2) is 0 Å². The summed E-state index contributed by atoms with van der Waals surface area (Å²) < 4.78 is 0. The highest BCUT2D eigenvalue weighted by Crippen LogP contribution is 2.31. The second-order valence-corrected chi connectivity index (χ2v) is 5.12. The Bertz CT molecular complexity index is 387. The Morgan fingerprint density at radius 3 is 2.61 bits per heavy atom. The van der Waals surface area contributed by atoms with Crippen LogP contribution in [0.25, 0.3) is 0 Å². The average Bonchev–Trinajstić information content (AvgIpc) is 3.20. The van der Waals surface area contributed by atoms with E-state index in [1.165, 1.54) is 12.8 Å². The summed E-state index contributed by atoms with van der Waals surface area (Å²) in [5.74, 6) is 0.734. The van der Waals surface area contributed by atoms with Gasteiger partial charge in [-0.05, 0) is 37.3 Å². The van der Waals surface area contributed by atoms with Crippen LogP contribution in [-0.4, -0.2) is 18.5 Å². The Balaban J connectivity index is 2.11. The van der Waals surface area contributed by atoms with Gasteiger partial charge in [-0.3, -0.25) is 4.79 Å². The second kappa shape index (κ2) is 6.01. The van der Waals surface area contributed by atoms with E-state index in [2.05, 4.69) is 6.92 Å². The van der Waals surface area contributed by atoms with Crippen molar-refractivity contribution < 1.29 is 4.79 Å². The maximum Gasteiger partial charge on any atom is 0.243 e. The molecule has 0 aliphatic heterocycles. The summed E-state index contributed by atoms with van der Waals surface area (Å²) in [5.41, 5.74) is 6.94. The van der Waals surface area contributed by atoms with E-state index in [1.54, 1.807) is 0 Å². The van der Waals surface area contributed by atoms with Crippen LogP contribution in [0.4, 0.5) is 5.69 Å². The van der Waals surface area contributed by atoms with Crippen molar-refractivity contribution >= 4 is 11.6 Å². The lowest BCUT2D eigenvalue weighted by Crippen LogP contribution is -2.44. The zero-order chi connectivity index (χ0) is 13.0. The summed E-state index contributed by atoms with van der Waals surface area (Å²) in [4.78, 5) is 14.3. The molecule has 1 atom stereocenters. The molecule has 0 radical (unpaired) electrons. The van der Waals surface area contributed by atoms with Crippen LogP contribution in [0.2, 0.25) is 0 Å². The maximum atomic E-state index is 12.4. The second-order valence-electron chi connectivity index (χ2n) is 5.12. The van der Waals surface area contributed by atoms with Crippen LogP contribution >= 0.6 is 0 Å². The van der Waals surface area contributed by atoms with Gasteiger partial charge in [0.1, 0.15) is 0 Å². The summed E-state index contributed by atoms with van der Waals surface area (Å²) in [6.45, 7) is 2.88. The molecule has 1 aromatic carbocycles. The van der Waals surface area contributed by atoms with E-state index in [0.717, 1.165) is 25.1 Å². The summed E-state index contributed by atoms with van der Waals surface area (Å²) >= 11 is 0. The van der Waals surface area contributed by atoms with Crippen LogP contribution in [0, 0.1) is 5.92 Å². The van der Waals surface area contributed by atoms with Crippen molar-refractivity contribution in [2.45, 2.75) is 38.6 Å². The molecule has 0 saturated heterocycles. The van der Waals surface area contributed by atoms with Crippen molar-refractivity contribution in [3.8, 4) is 0 Å². The third-order valence-electron chi connectivity index (χ3n) is 3.39. The molecule has 1 saturated carbocycles. The maximum absolute atomic E-state index is 12.4. The SMILES string of the molecule is CCCC(N)C(=O)N(CC1CC1)c1ccccc1. The van der Waals surface area contributed by atoms with Gasteiger partial charge in [0.25, 0.3) is 0 Å². The number of benzene rings is 1. The van der Waals surface area contributed by atoms with E-state index in [9.17, 15) is 4.79 Å². The van der Waals surface area contributed by atoms with E-state index in [1.807, 2.05) is 35.2 Å². The summed E-state index contributed by atoms with van der Waals surface area (Å²) in [6, 6.07) is 9.50. The highest BCUT2D eigenvalue weighted by atomic mass is 16.2. The highest BCUT2D eigenvalue weighted by molar-refractivity contribution is 5.97. The normalized spacial score (nSPS) is 16.3. The minimum atomic E-state index is -0.367. The van der Waals surface area contributed by atoms with Gasteiger partial charge >= 0.3 is 0 Å². The molecule has 2 rings (SSSR count). The van der Waals surface area contributed by atoms with Crippen molar-refractivity contribution in [3.63, 3.8) is 0 Å². The first kappa shape index (κ1) is 13.1. The van der Waals surface area contributed by atoms with Gasteiger partial charge in [-0.2, -0.15) is 0 Å². The molecule has 0 bridgehead atoms. The quantitative estimate of drug-likeness (QED) is 0.838. The van der Waals surface area contributed by atoms with Crippen LogP contribution in [0.15, 0.2) is 30.3 Å². The molecule has 18 heavy (non-hydrogen) atoms. The average molecular weight is 246 g/mol. The van der Waals surface area contributed by atoms with Crippen molar-refractivity contribution in [1.29, 1.82) is 0 Å². The molecule has 1 aromatic rings. The van der Waals surface area contributed by atoms with E-state index in [0.29, 0.717) is 5.92 Å². The number of carbonyl (C=O) groups is 1. The van der Waals surface area contributed by atoms with Gasteiger partial charge in [0.2, 0.25) is 5.91 Å². The monoisotopic (exact) mass is 246 g/mol. The van der Waals surface area contributed by atoms with Gasteiger partial charge in [-0.1, -0.05) is 31.5 Å². The molecule has 0 aromatic heterocycles. The zero-order valence-corrected chi connectivity index (χ0v) is 11.0. The summed E-state index contributed by atoms with van der Waals surface area (Å²) in [7, 11) is 0. The van der Waals surface area contributed by atoms with E-state index in [4.69, 9.17) is 5.73 Å². The molecule has 1 fully saturated rings. The molecule has 1 amide bonds. The number of anilines is 1. The number of nitrogens with two attached hydrogens (primary N) is 1. The number of carbonyl (C=O) groups excluding carboxylic acids is 1. The lowest BCUT2D eigenvalue weighted by atomic mass is 10.1. The molecular weight excluding hydrogens is 224 g/mol. The molecule has 1 aliphatic rings. The Morgan fingerprint density at radius 2 is 2.06 bits per heavy atom. The van der Waals surface area contributed by atoms with Crippen LogP contribution in [0.5, 0.6) is 0 Å². The lowest BCUT2D eigenvalue weighted by Gasteiger charge is -2.25. The van der Waals surface area contributed by atoms with Gasteiger partial charge in [-0.15, -0.1) is 0 Å². The van der Waals surface area contributed by atoms with Crippen molar-refractivity contribution in [1.82, 2.24) is 0 Å². The van der Waals surface area contributed by atoms with Gasteiger partial charge in [-0.25, -0.2) is 0 Å². The van der Waals surface area contributed by atoms with Gasteiger partial charge in [0, 0.05) is 12.2 Å². The molecule has 3 heteroatoms. The molecule has 2 N–H and O–H groups in total. The van der Waals surface area contributed by atoms with Crippen LogP contribution in [-0.2, 0) is 4.79 Å². The number of amides is 1. The number of rotatable bonds is 6. The number of hydrogen-bond donors (Lipinski definition) is 1. The van der Waals surface area contributed by atoms with E-state index < -0.39 is 0 Å². The van der Waals surface area contributed by atoms with Crippen molar-refractivity contribution in [2.75, 3.05) is 11.4 Å². The third-order valence-corrected chi connectivity index (χ3v) is 3.39. The van der Waals surface area contributed by atoms with E-state index >= 15 is 0 Å². The van der Waals surface area contributed by atoms with Crippen LogP contribution in [0.1, 0.15) is 32.6 Å². The first-order valence-corrected chi connectivity index (χ1v) is 6.84. The Labute approximate surface area is 109 Å². The fraction of sp³-hybridized carbons (Fsp3) is 0.533.